The minimum atomic E-state index is 0. The molecule has 0 bridgehead atoms. The molecule has 27 heavy (non-hydrogen) atoms. The molecule has 2 aromatic heterocycles. The summed E-state index contributed by atoms with van der Waals surface area (Å²) in [7, 11) is 0. The summed E-state index contributed by atoms with van der Waals surface area (Å²) in [4.78, 5) is 23.8. The maximum absolute atomic E-state index is 13.1. The molecular formula is C20H22Cl2N4O. The van der Waals surface area contributed by atoms with Crippen LogP contribution in [0.4, 0.5) is 0 Å². The van der Waals surface area contributed by atoms with Crippen molar-refractivity contribution in [1.82, 2.24) is 14.9 Å². The summed E-state index contributed by atoms with van der Waals surface area (Å²) >= 11 is 0. The van der Waals surface area contributed by atoms with Gasteiger partial charge in [-0.2, -0.15) is 0 Å². The summed E-state index contributed by atoms with van der Waals surface area (Å²) in [6, 6.07) is 13.7. The van der Waals surface area contributed by atoms with Gasteiger partial charge in [0, 0.05) is 42.5 Å². The fourth-order valence-electron chi connectivity index (χ4n) is 3.30. The number of para-hydroxylation sites is 1. The van der Waals surface area contributed by atoms with Gasteiger partial charge in [0.15, 0.2) is 0 Å². The molecule has 0 spiro atoms. The normalized spacial score (nSPS) is 14.3. The Kier molecular flexibility index (Phi) is 7.13. The Morgan fingerprint density at radius 2 is 1.70 bits per heavy atom. The van der Waals surface area contributed by atoms with Gasteiger partial charge in [0.2, 0.25) is 0 Å². The number of aromatic nitrogens is 2. The Balaban J connectivity index is 0.00000131. The zero-order valence-electron chi connectivity index (χ0n) is 14.7. The van der Waals surface area contributed by atoms with E-state index in [4.69, 9.17) is 10.7 Å². The van der Waals surface area contributed by atoms with Crippen molar-refractivity contribution in [2.45, 2.75) is 18.9 Å². The number of fused-ring (bicyclic) bond motifs is 1. The number of piperidine rings is 1. The van der Waals surface area contributed by atoms with E-state index in [-0.39, 0.29) is 36.8 Å². The number of likely N-dealkylation sites (tertiary alicyclic amines) is 1. The van der Waals surface area contributed by atoms with Crippen LogP contribution in [-0.2, 0) is 0 Å². The first-order chi connectivity index (χ1) is 12.2. The second-order valence-corrected chi connectivity index (χ2v) is 6.44. The van der Waals surface area contributed by atoms with E-state index in [9.17, 15) is 4.79 Å². The lowest BCUT2D eigenvalue weighted by Crippen LogP contribution is -2.42. The van der Waals surface area contributed by atoms with Gasteiger partial charge < -0.3 is 10.6 Å². The van der Waals surface area contributed by atoms with Crippen molar-refractivity contribution in [3.05, 3.63) is 60.4 Å². The summed E-state index contributed by atoms with van der Waals surface area (Å²) in [5.74, 6) is 0.0563. The lowest BCUT2D eigenvalue weighted by Gasteiger charge is -2.30. The smallest absolute Gasteiger partial charge is 0.254 e. The molecule has 0 radical (unpaired) electrons. The molecule has 0 atom stereocenters. The van der Waals surface area contributed by atoms with Crippen LogP contribution in [0.5, 0.6) is 0 Å². The molecule has 7 heteroatoms. The maximum atomic E-state index is 13.1. The van der Waals surface area contributed by atoms with Gasteiger partial charge >= 0.3 is 0 Å². The third-order valence-electron chi connectivity index (χ3n) is 4.75. The number of rotatable bonds is 2. The Bertz CT molecular complexity index is 912. The monoisotopic (exact) mass is 404 g/mol. The fraction of sp³-hybridized carbons (Fsp3) is 0.250. The quantitative estimate of drug-likeness (QED) is 0.706. The fourth-order valence-corrected chi connectivity index (χ4v) is 3.30. The third-order valence-corrected chi connectivity index (χ3v) is 4.75. The highest BCUT2D eigenvalue weighted by Crippen LogP contribution is 2.26. The average molecular weight is 405 g/mol. The maximum Gasteiger partial charge on any atom is 0.254 e. The largest absolute Gasteiger partial charge is 0.339 e. The summed E-state index contributed by atoms with van der Waals surface area (Å²) < 4.78 is 0. The molecule has 1 fully saturated rings. The van der Waals surface area contributed by atoms with E-state index in [2.05, 4.69) is 4.98 Å². The van der Waals surface area contributed by atoms with Crippen LogP contribution in [-0.4, -0.2) is 39.9 Å². The summed E-state index contributed by atoms with van der Waals surface area (Å²) in [6.07, 6.45) is 5.18. The van der Waals surface area contributed by atoms with Crippen LogP contribution in [0.2, 0.25) is 0 Å². The van der Waals surface area contributed by atoms with E-state index in [1.165, 1.54) is 0 Å². The second-order valence-electron chi connectivity index (χ2n) is 6.44. The predicted molar refractivity (Wildman–Crippen MR) is 113 cm³/mol. The average Bonchev–Trinajstić information content (AvgIpc) is 2.68. The SMILES string of the molecule is Cl.Cl.NC1CCN(C(=O)c2cc(-c3ccncc3)nc3ccccc23)CC1. The van der Waals surface area contributed by atoms with Crippen molar-refractivity contribution >= 4 is 41.6 Å². The van der Waals surface area contributed by atoms with E-state index in [1.807, 2.05) is 47.4 Å². The van der Waals surface area contributed by atoms with Gasteiger partial charge in [0.1, 0.15) is 0 Å². The van der Waals surface area contributed by atoms with Crippen LogP contribution in [0.15, 0.2) is 54.9 Å². The van der Waals surface area contributed by atoms with Crippen molar-refractivity contribution in [3.8, 4) is 11.3 Å². The number of pyridine rings is 2. The number of nitrogens with two attached hydrogens (primary N) is 1. The molecule has 4 rings (SSSR count). The number of halogens is 2. The first kappa shape index (κ1) is 21.1. The highest BCUT2D eigenvalue weighted by Gasteiger charge is 2.23. The standard InChI is InChI=1S/C20H20N4O.2ClH/c21-15-7-11-24(12-8-15)20(25)17-13-19(14-5-9-22-10-6-14)23-18-4-2-1-3-16(17)18;;/h1-6,9-10,13,15H,7-8,11-12,21H2;2*1H. The van der Waals surface area contributed by atoms with Gasteiger partial charge in [0.25, 0.3) is 5.91 Å². The van der Waals surface area contributed by atoms with Crippen molar-refractivity contribution in [1.29, 1.82) is 0 Å². The van der Waals surface area contributed by atoms with Gasteiger partial charge in [-0.15, -0.1) is 24.8 Å². The van der Waals surface area contributed by atoms with Crippen LogP contribution in [0.3, 0.4) is 0 Å². The minimum absolute atomic E-state index is 0. The zero-order chi connectivity index (χ0) is 17.2. The first-order valence-corrected chi connectivity index (χ1v) is 8.57. The zero-order valence-corrected chi connectivity index (χ0v) is 16.4. The Hall–Kier alpha value is -2.21. The van der Waals surface area contributed by atoms with E-state index in [0.29, 0.717) is 18.7 Å². The Labute approximate surface area is 170 Å². The minimum Gasteiger partial charge on any atom is -0.339 e. The molecule has 2 N–H and O–H groups in total. The van der Waals surface area contributed by atoms with Crippen LogP contribution < -0.4 is 5.73 Å². The van der Waals surface area contributed by atoms with Gasteiger partial charge in [-0.25, -0.2) is 4.98 Å². The van der Waals surface area contributed by atoms with E-state index >= 15 is 0 Å². The number of benzene rings is 1. The first-order valence-electron chi connectivity index (χ1n) is 8.57. The molecule has 0 saturated carbocycles. The summed E-state index contributed by atoms with van der Waals surface area (Å²) in [5.41, 5.74) is 9.25. The number of carbonyl (C=O) groups excluding carboxylic acids is 1. The molecule has 5 nitrogen and oxygen atoms in total. The molecule has 3 aromatic rings. The molecule has 0 unspecified atom stereocenters. The number of hydrogen-bond donors (Lipinski definition) is 1. The van der Waals surface area contributed by atoms with Crippen LogP contribution >= 0.6 is 24.8 Å². The molecule has 142 valence electrons. The van der Waals surface area contributed by atoms with Crippen molar-refractivity contribution in [2.75, 3.05) is 13.1 Å². The van der Waals surface area contributed by atoms with Crippen molar-refractivity contribution < 1.29 is 4.79 Å². The van der Waals surface area contributed by atoms with E-state index in [0.717, 1.165) is 35.0 Å². The molecule has 3 heterocycles. The van der Waals surface area contributed by atoms with E-state index in [1.54, 1.807) is 12.4 Å². The molecule has 0 aliphatic carbocycles. The molecule has 1 saturated heterocycles. The highest BCUT2D eigenvalue weighted by atomic mass is 35.5. The van der Waals surface area contributed by atoms with E-state index < -0.39 is 0 Å². The number of carbonyl (C=O) groups is 1. The van der Waals surface area contributed by atoms with Gasteiger partial charge in [-0.05, 0) is 37.1 Å². The molecule has 1 aliphatic heterocycles. The van der Waals surface area contributed by atoms with Gasteiger partial charge in [0.05, 0.1) is 16.8 Å². The lowest BCUT2D eigenvalue weighted by atomic mass is 10.0. The van der Waals surface area contributed by atoms with Crippen LogP contribution in [0.25, 0.3) is 22.2 Å². The molecular weight excluding hydrogens is 383 g/mol. The second kappa shape index (κ2) is 9.13. The molecule has 1 aliphatic rings. The topological polar surface area (TPSA) is 72.1 Å². The van der Waals surface area contributed by atoms with Crippen molar-refractivity contribution in [3.63, 3.8) is 0 Å². The van der Waals surface area contributed by atoms with Gasteiger partial charge in [-0.3, -0.25) is 9.78 Å². The number of hydrogen-bond acceptors (Lipinski definition) is 4. The number of amides is 1. The van der Waals surface area contributed by atoms with Crippen LogP contribution in [0.1, 0.15) is 23.2 Å². The van der Waals surface area contributed by atoms with Gasteiger partial charge in [-0.1, -0.05) is 18.2 Å². The summed E-state index contributed by atoms with van der Waals surface area (Å²) in [5, 5.41) is 0.889. The molecule has 1 aromatic carbocycles. The Morgan fingerprint density at radius 1 is 1.04 bits per heavy atom. The third kappa shape index (κ3) is 4.38. The lowest BCUT2D eigenvalue weighted by molar-refractivity contribution is 0.0716. The molecule has 1 amide bonds. The van der Waals surface area contributed by atoms with Crippen LogP contribution in [0, 0.1) is 0 Å². The highest BCUT2D eigenvalue weighted by molar-refractivity contribution is 6.07. The number of nitrogens with zero attached hydrogens (tertiary/aromatic N) is 3. The summed E-state index contributed by atoms with van der Waals surface area (Å²) in [6.45, 7) is 1.42. The predicted octanol–water partition coefficient (Wildman–Crippen LogP) is 3.70. The van der Waals surface area contributed by atoms with Crippen molar-refractivity contribution in [2.24, 2.45) is 5.73 Å². The Morgan fingerprint density at radius 3 is 2.41 bits per heavy atom.